The van der Waals surface area contributed by atoms with Crippen LogP contribution in [0.3, 0.4) is 0 Å². The molecule has 0 saturated heterocycles. The highest BCUT2D eigenvalue weighted by Gasteiger charge is 2.28. The number of hydrogen-bond acceptors (Lipinski definition) is 6. The van der Waals surface area contributed by atoms with Crippen molar-refractivity contribution in [2.75, 3.05) is 36.2 Å². The molecule has 0 spiro atoms. The average Bonchev–Trinajstić information content (AvgIpc) is 3.29. The molecule has 0 heterocycles. The molecule has 4 aromatic rings. The van der Waals surface area contributed by atoms with Crippen molar-refractivity contribution in [2.45, 2.75) is 234 Å². The number of fused-ring (bicyclic) bond motifs is 8. The highest BCUT2D eigenvalue weighted by molar-refractivity contribution is 7.99. The van der Waals surface area contributed by atoms with Gasteiger partial charge in [-0.2, -0.15) is 23.5 Å². The number of ether oxygens (including phenoxy) is 2. The minimum atomic E-state index is -0.152. The van der Waals surface area contributed by atoms with Crippen molar-refractivity contribution in [3.05, 3.63) is 115 Å². The van der Waals surface area contributed by atoms with Crippen LogP contribution in [-0.2, 0) is 47.3 Å². The summed E-state index contributed by atoms with van der Waals surface area (Å²) in [6, 6.07) is 18.4. The summed E-state index contributed by atoms with van der Waals surface area (Å²) in [5.41, 5.74) is 12.3. The van der Waals surface area contributed by atoms with E-state index in [9.17, 15) is 10.2 Å². The van der Waals surface area contributed by atoms with Crippen LogP contribution in [0.15, 0.2) is 48.5 Å². The quantitative estimate of drug-likeness (QED) is 0.0601. The van der Waals surface area contributed by atoms with Crippen molar-refractivity contribution in [3.8, 4) is 23.0 Å². The molecule has 0 atom stereocenters. The summed E-state index contributed by atoms with van der Waals surface area (Å²) in [6.45, 7) is 33.2. The first-order chi connectivity index (χ1) is 34.0. The van der Waals surface area contributed by atoms with Crippen LogP contribution in [-0.4, -0.2) is 46.4 Å². The van der Waals surface area contributed by atoms with E-state index < -0.39 is 0 Å². The highest BCUT2D eigenvalue weighted by Crippen LogP contribution is 2.44. The number of unbranched alkanes of at least 4 members (excludes halogenated alkanes) is 10. The third-order valence-electron chi connectivity index (χ3n) is 14.7. The van der Waals surface area contributed by atoms with E-state index in [4.69, 9.17) is 9.47 Å². The lowest BCUT2D eigenvalue weighted by atomic mass is 9.79. The number of thioether (sulfide) groups is 2. The predicted molar refractivity (Wildman–Crippen MR) is 317 cm³/mol. The molecule has 2 N–H and O–H groups in total. The van der Waals surface area contributed by atoms with Crippen molar-refractivity contribution in [1.82, 2.24) is 0 Å². The van der Waals surface area contributed by atoms with Crippen molar-refractivity contribution in [3.63, 3.8) is 0 Å². The second-order valence-electron chi connectivity index (χ2n) is 25.4. The zero-order chi connectivity index (χ0) is 52.7. The maximum absolute atomic E-state index is 12.7. The van der Waals surface area contributed by atoms with Crippen molar-refractivity contribution in [1.29, 1.82) is 0 Å². The van der Waals surface area contributed by atoms with E-state index in [0.29, 0.717) is 50.4 Å². The third kappa shape index (κ3) is 18.0. The monoisotopic (exact) mass is 1020 g/mol. The third-order valence-corrected chi connectivity index (χ3v) is 17.0. The molecular formula is C66H100O4S2. The van der Waals surface area contributed by atoms with Crippen molar-refractivity contribution >= 4 is 23.5 Å². The number of phenols is 2. The Morgan fingerprint density at radius 2 is 0.583 bits per heavy atom. The van der Waals surface area contributed by atoms with Gasteiger partial charge in [0.15, 0.2) is 0 Å². The second kappa shape index (κ2) is 27.5. The Balaban J connectivity index is 1.65. The molecule has 0 unspecified atom stereocenters. The Bertz CT molecular complexity index is 2050. The summed E-state index contributed by atoms with van der Waals surface area (Å²) in [5.74, 6) is 7.53. The number of aromatic hydroxyl groups is 2. The van der Waals surface area contributed by atoms with Gasteiger partial charge < -0.3 is 19.7 Å². The van der Waals surface area contributed by atoms with Gasteiger partial charge in [-0.1, -0.05) is 197 Å². The van der Waals surface area contributed by atoms with Crippen LogP contribution in [0.2, 0.25) is 0 Å². The largest absolute Gasteiger partial charge is 0.507 e. The standard InChI is InChI=1S/C66H100O4S2/c1-15-17-25-31-71-33-27-21-19-23-29-69-61-51-35-47-39-55(63(3,4)5)41-49(59(47)67)37-53-45-58(66(12,13)14)46-54(62(53)70-30-24-20-22-28-34-72-32-26-18-16-2)38-50-42-56(64(6,7)8)40-48(60(50)68)36-52(61)44-57(43-51)65(9,10)11/h39-46,67-68H,15-38H2,1-14H3. The second-order valence-corrected chi connectivity index (χ2v) is 27.9. The van der Waals surface area contributed by atoms with Crippen LogP contribution in [0.1, 0.15) is 254 Å². The summed E-state index contributed by atoms with van der Waals surface area (Å²) in [4.78, 5) is 0. The average molecular weight is 1020 g/mol. The fourth-order valence-electron chi connectivity index (χ4n) is 9.80. The lowest BCUT2D eigenvalue weighted by molar-refractivity contribution is 0.299. The van der Waals surface area contributed by atoms with E-state index in [0.717, 1.165) is 81.7 Å². The molecule has 1 aliphatic rings. The van der Waals surface area contributed by atoms with Crippen LogP contribution in [0.25, 0.3) is 0 Å². The summed E-state index contributed by atoms with van der Waals surface area (Å²) < 4.78 is 14.1. The summed E-state index contributed by atoms with van der Waals surface area (Å²) in [6.07, 6.45) is 19.1. The van der Waals surface area contributed by atoms with Gasteiger partial charge in [0, 0.05) is 25.7 Å². The number of rotatable bonds is 24. The van der Waals surface area contributed by atoms with Gasteiger partial charge in [-0.25, -0.2) is 0 Å². The van der Waals surface area contributed by atoms with Crippen LogP contribution in [0.4, 0.5) is 0 Å². The van der Waals surface area contributed by atoms with Gasteiger partial charge in [0.05, 0.1) is 13.2 Å². The van der Waals surface area contributed by atoms with E-state index in [-0.39, 0.29) is 21.7 Å². The fourth-order valence-corrected chi connectivity index (χ4v) is 11.8. The number of phenolic OH excluding ortho intramolecular Hbond substituents is 2. The van der Waals surface area contributed by atoms with Gasteiger partial charge >= 0.3 is 0 Å². The fraction of sp³-hybridized carbons (Fsp3) is 0.636. The Morgan fingerprint density at radius 3 is 0.833 bits per heavy atom. The summed E-state index contributed by atoms with van der Waals surface area (Å²) in [5, 5.41) is 25.5. The summed E-state index contributed by atoms with van der Waals surface area (Å²) in [7, 11) is 0. The molecule has 72 heavy (non-hydrogen) atoms. The number of benzene rings is 4. The van der Waals surface area contributed by atoms with E-state index >= 15 is 0 Å². The molecule has 6 heteroatoms. The Hall–Kier alpha value is -3.22. The minimum Gasteiger partial charge on any atom is -0.507 e. The molecule has 5 rings (SSSR count). The molecular weight excluding hydrogens is 921 g/mol. The maximum Gasteiger partial charge on any atom is 0.126 e. The van der Waals surface area contributed by atoms with Gasteiger partial charge in [-0.15, -0.1) is 0 Å². The van der Waals surface area contributed by atoms with E-state index in [1.165, 1.54) is 109 Å². The normalized spacial score (nSPS) is 13.4. The zero-order valence-electron chi connectivity index (χ0n) is 48.1. The van der Waals surface area contributed by atoms with E-state index in [1.54, 1.807) is 0 Å². The SMILES string of the molecule is CCCCCSCCCCCCOc1c2cc(C(C)(C)C)cc1Cc1cc(C(C)(C)C)cc(c1O)Cc1cc(C(C)(C)C)cc(c1OCCCCCCSCCCCC)Cc1cc(C(C)(C)C)cc(c1O)C2. The van der Waals surface area contributed by atoms with Crippen LogP contribution < -0.4 is 9.47 Å². The molecule has 8 bridgehead atoms. The van der Waals surface area contributed by atoms with Crippen LogP contribution in [0, 0.1) is 0 Å². The molecule has 0 fully saturated rings. The molecule has 4 nitrogen and oxygen atoms in total. The van der Waals surface area contributed by atoms with Crippen LogP contribution >= 0.6 is 23.5 Å². The molecule has 0 saturated carbocycles. The maximum atomic E-state index is 12.7. The minimum absolute atomic E-state index is 0.144. The molecule has 1 aliphatic carbocycles. The lowest BCUT2D eigenvalue weighted by Gasteiger charge is -2.28. The Morgan fingerprint density at radius 1 is 0.347 bits per heavy atom. The topological polar surface area (TPSA) is 58.9 Å². The van der Waals surface area contributed by atoms with Gasteiger partial charge in [0.2, 0.25) is 0 Å². The summed E-state index contributed by atoms with van der Waals surface area (Å²) >= 11 is 4.21. The molecule has 0 aromatic heterocycles. The van der Waals surface area contributed by atoms with Gasteiger partial charge in [0.1, 0.15) is 23.0 Å². The molecule has 0 aliphatic heterocycles. The van der Waals surface area contributed by atoms with Gasteiger partial charge in [-0.3, -0.25) is 0 Å². The molecule has 0 amide bonds. The zero-order valence-corrected chi connectivity index (χ0v) is 49.7. The first kappa shape index (κ1) is 59.7. The van der Waals surface area contributed by atoms with Crippen molar-refractivity contribution in [2.24, 2.45) is 0 Å². The van der Waals surface area contributed by atoms with E-state index in [1.807, 2.05) is 0 Å². The van der Waals surface area contributed by atoms with Gasteiger partial charge in [-0.05, 0) is 150 Å². The molecule has 4 aromatic carbocycles. The van der Waals surface area contributed by atoms with Crippen molar-refractivity contribution < 1.29 is 19.7 Å². The first-order valence-corrected chi connectivity index (χ1v) is 30.8. The molecule has 0 radical (unpaired) electrons. The first-order valence-electron chi connectivity index (χ1n) is 28.4. The molecule has 400 valence electrons. The Labute approximate surface area is 449 Å². The van der Waals surface area contributed by atoms with Gasteiger partial charge in [0.25, 0.3) is 0 Å². The lowest BCUT2D eigenvalue weighted by Crippen LogP contribution is -2.17. The van der Waals surface area contributed by atoms with E-state index in [2.05, 4.69) is 169 Å². The van der Waals surface area contributed by atoms with Crippen LogP contribution in [0.5, 0.6) is 23.0 Å². The predicted octanol–water partition coefficient (Wildman–Crippen LogP) is 18.7. The highest BCUT2D eigenvalue weighted by atomic mass is 32.2. The number of hydrogen-bond donors (Lipinski definition) is 2. The smallest absolute Gasteiger partial charge is 0.126 e. The Kier molecular flexibility index (Phi) is 22.8.